The van der Waals surface area contributed by atoms with E-state index in [0.717, 1.165) is 32.1 Å². The second-order valence-corrected chi connectivity index (χ2v) is 7.66. The molecule has 1 fully saturated rings. The van der Waals surface area contributed by atoms with Gasteiger partial charge in [0.15, 0.2) is 29.0 Å². The molecule has 0 amide bonds. The van der Waals surface area contributed by atoms with Crippen LogP contribution in [0.5, 0.6) is 0 Å². The topological polar surface area (TPSA) is 126 Å². The molecular formula is C23H31N5O4. The van der Waals surface area contributed by atoms with Crippen molar-refractivity contribution in [3.63, 3.8) is 0 Å². The number of hydrogen-bond donors (Lipinski definition) is 4. The average Bonchev–Trinajstić information content (AvgIpc) is 3.35. The van der Waals surface area contributed by atoms with E-state index < -0.39 is 37.1 Å². The largest absolute Gasteiger partial charge is 0.394 e. The number of anilines is 1. The number of rotatable bonds is 7. The number of nitrogens with zero attached hydrogens (tertiary/aromatic N) is 4. The summed E-state index contributed by atoms with van der Waals surface area (Å²) in [6.07, 6.45) is 1.75. The Hall–Kier alpha value is -2.69. The quantitative estimate of drug-likeness (QED) is 0.377. The van der Waals surface area contributed by atoms with Gasteiger partial charge in [-0.15, -0.1) is 11.8 Å². The summed E-state index contributed by atoms with van der Waals surface area (Å²) in [6, 6.07) is 0. The van der Waals surface area contributed by atoms with Gasteiger partial charge in [-0.25, -0.2) is 15.0 Å². The Bertz CT molecular complexity index is 1030. The highest BCUT2D eigenvalue weighted by atomic mass is 16.6. The van der Waals surface area contributed by atoms with Crippen LogP contribution in [0.1, 0.15) is 63.9 Å². The fourth-order valence-electron chi connectivity index (χ4n) is 3.44. The fourth-order valence-corrected chi connectivity index (χ4v) is 3.44. The minimum atomic E-state index is -1.24. The predicted octanol–water partition coefficient (Wildman–Crippen LogP) is 1.56. The summed E-state index contributed by atoms with van der Waals surface area (Å²) in [6.45, 7) is 3.78. The monoisotopic (exact) mass is 441 g/mol. The van der Waals surface area contributed by atoms with Gasteiger partial charge in [-0.3, -0.25) is 4.57 Å². The van der Waals surface area contributed by atoms with E-state index >= 15 is 0 Å². The third-order valence-electron chi connectivity index (χ3n) is 5.25. The van der Waals surface area contributed by atoms with Gasteiger partial charge in [0.25, 0.3) is 0 Å². The molecule has 1 aliphatic heterocycles. The van der Waals surface area contributed by atoms with Crippen LogP contribution in [-0.2, 0) is 4.74 Å². The molecule has 0 radical (unpaired) electrons. The maximum atomic E-state index is 10.5. The molecule has 0 aliphatic carbocycles. The van der Waals surface area contributed by atoms with Gasteiger partial charge >= 0.3 is 0 Å². The second kappa shape index (κ2) is 11.3. The van der Waals surface area contributed by atoms with Crippen LogP contribution < -0.4 is 5.32 Å². The smallest absolute Gasteiger partial charge is 0.168 e. The number of nitrogens with one attached hydrogen (secondary N) is 1. The minimum absolute atomic E-state index is 0.411. The number of fused-ring (bicyclic) bond motifs is 1. The first kappa shape index (κ1) is 24.0. The maximum Gasteiger partial charge on any atom is 0.168 e. The summed E-state index contributed by atoms with van der Waals surface area (Å²) in [5, 5.41) is 33.1. The first-order valence-electron chi connectivity index (χ1n) is 11.1. The second-order valence-electron chi connectivity index (χ2n) is 7.66. The Morgan fingerprint density at radius 3 is 2.50 bits per heavy atom. The van der Waals surface area contributed by atoms with Crippen LogP contribution in [0, 0.1) is 23.7 Å². The standard InChI is InChI=1S/C23H31N5O4/c1-4-6-8-10-12-15(11-9-7-5-2)20-26-21(24-3)17-22(27-20)28(14-25-17)23-19(31)18(30)16(13-29)32-23/h14-16,18-19,23,29-31H,4-8,13H2,1-3H3,(H,24,26,27)/t15?,16-,18-,19-,23-/m1/s1. The zero-order chi connectivity index (χ0) is 23.1. The van der Waals surface area contributed by atoms with Crippen LogP contribution in [0.25, 0.3) is 11.2 Å². The molecule has 2 aromatic heterocycles. The lowest BCUT2D eigenvalue weighted by atomic mass is 10.1. The van der Waals surface area contributed by atoms with E-state index in [1.165, 1.54) is 6.33 Å². The third-order valence-corrected chi connectivity index (χ3v) is 5.25. The van der Waals surface area contributed by atoms with Crippen LogP contribution in [0.2, 0.25) is 0 Å². The van der Waals surface area contributed by atoms with Gasteiger partial charge in [-0.05, 0) is 12.8 Å². The van der Waals surface area contributed by atoms with Gasteiger partial charge in [0.05, 0.1) is 12.9 Å². The lowest BCUT2D eigenvalue weighted by molar-refractivity contribution is -0.0511. The van der Waals surface area contributed by atoms with E-state index in [2.05, 4.69) is 57.8 Å². The molecule has 9 heteroatoms. The molecule has 1 aliphatic rings. The van der Waals surface area contributed by atoms with Gasteiger partial charge in [-0.2, -0.15) is 0 Å². The van der Waals surface area contributed by atoms with Gasteiger partial charge in [0, 0.05) is 19.9 Å². The van der Waals surface area contributed by atoms with Crippen molar-refractivity contribution in [3.8, 4) is 23.7 Å². The van der Waals surface area contributed by atoms with Crippen molar-refractivity contribution < 1.29 is 20.1 Å². The van der Waals surface area contributed by atoms with Crippen molar-refractivity contribution >= 4 is 17.0 Å². The number of aliphatic hydroxyl groups excluding tert-OH is 3. The maximum absolute atomic E-state index is 10.5. The molecule has 172 valence electrons. The predicted molar refractivity (Wildman–Crippen MR) is 121 cm³/mol. The van der Waals surface area contributed by atoms with Gasteiger partial charge < -0.3 is 25.4 Å². The molecule has 0 saturated carbocycles. The number of unbranched alkanes of at least 4 members (excludes halogenated alkanes) is 3. The molecule has 2 aromatic rings. The Morgan fingerprint density at radius 1 is 1.12 bits per heavy atom. The van der Waals surface area contributed by atoms with Crippen molar-refractivity contribution in [1.29, 1.82) is 0 Å². The van der Waals surface area contributed by atoms with Gasteiger partial charge in [-0.1, -0.05) is 32.1 Å². The lowest BCUT2D eigenvalue weighted by Crippen LogP contribution is -2.33. The van der Waals surface area contributed by atoms with Crippen molar-refractivity contribution in [1.82, 2.24) is 19.5 Å². The van der Waals surface area contributed by atoms with E-state index in [1.54, 1.807) is 11.6 Å². The summed E-state index contributed by atoms with van der Waals surface area (Å²) in [5.41, 5.74) is 0.917. The van der Waals surface area contributed by atoms with Crippen LogP contribution in [0.3, 0.4) is 0 Å². The lowest BCUT2D eigenvalue weighted by Gasteiger charge is -2.17. The molecule has 1 saturated heterocycles. The Kier molecular flexibility index (Phi) is 8.43. The molecule has 3 rings (SSSR count). The van der Waals surface area contributed by atoms with E-state index in [1.807, 2.05) is 0 Å². The highest BCUT2D eigenvalue weighted by Gasteiger charge is 2.44. The van der Waals surface area contributed by atoms with E-state index in [9.17, 15) is 15.3 Å². The van der Waals surface area contributed by atoms with Crippen molar-refractivity contribution in [2.75, 3.05) is 19.0 Å². The van der Waals surface area contributed by atoms with Crippen molar-refractivity contribution in [2.45, 2.75) is 76.4 Å². The van der Waals surface area contributed by atoms with E-state index in [0.29, 0.717) is 22.8 Å². The normalized spacial score (nSPS) is 23.3. The number of aromatic nitrogens is 4. The zero-order valence-electron chi connectivity index (χ0n) is 18.7. The first-order valence-corrected chi connectivity index (χ1v) is 11.1. The first-order chi connectivity index (χ1) is 15.5. The zero-order valence-corrected chi connectivity index (χ0v) is 18.7. The fraction of sp³-hybridized carbons (Fsp3) is 0.609. The Balaban J connectivity index is 2.06. The van der Waals surface area contributed by atoms with E-state index in [4.69, 9.17) is 4.74 Å². The minimum Gasteiger partial charge on any atom is -0.394 e. The Labute approximate surface area is 188 Å². The van der Waals surface area contributed by atoms with Crippen LogP contribution >= 0.6 is 0 Å². The molecule has 0 aromatic carbocycles. The summed E-state index contributed by atoms with van der Waals surface area (Å²) in [7, 11) is 1.74. The molecule has 5 atom stereocenters. The molecule has 1 unspecified atom stereocenters. The summed E-state index contributed by atoms with van der Waals surface area (Å²) in [5.74, 6) is 13.2. The van der Waals surface area contributed by atoms with Crippen LogP contribution in [0.15, 0.2) is 6.33 Å². The van der Waals surface area contributed by atoms with Crippen LogP contribution in [0.4, 0.5) is 5.82 Å². The third kappa shape index (κ3) is 5.03. The highest BCUT2D eigenvalue weighted by molar-refractivity contribution is 5.83. The number of aliphatic hydroxyl groups is 3. The summed E-state index contributed by atoms with van der Waals surface area (Å²) >= 11 is 0. The highest BCUT2D eigenvalue weighted by Crippen LogP contribution is 2.32. The van der Waals surface area contributed by atoms with Crippen molar-refractivity contribution in [2.24, 2.45) is 0 Å². The number of ether oxygens (including phenoxy) is 1. The van der Waals surface area contributed by atoms with Gasteiger partial charge in [0.1, 0.15) is 24.2 Å². The molecule has 9 nitrogen and oxygen atoms in total. The van der Waals surface area contributed by atoms with E-state index in [-0.39, 0.29) is 0 Å². The molecular weight excluding hydrogens is 410 g/mol. The summed E-state index contributed by atoms with van der Waals surface area (Å²) in [4.78, 5) is 13.7. The average molecular weight is 442 g/mol. The molecule has 0 spiro atoms. The Morgan fingerprint density at radius 2 is 1.88 bits per heavy atom. The van der Waals surface area contributed by atoms with Crippen LogP contribution in [-0.4, -0.2) is 66.8 Å². The molecule has 3 heterocycles. The molecule has 0 bridgehead atoms. The summed E-state index contributed by atoms with van der Waals surface area (Å²) < 4.78 is 7.22. The number of hydrogen-bond acceptors (Lipinski definition) is 8. The van der Waals surface area contributed by atoms with Crippen molar-refractivity contribution in [3.05, 3.63) is 12.2 Å². The van der Waals surface area contributed by atoms with Gasteiger partial charge in [0.2, 0.25) is 0 Å². The molecule has 4 N–H and O–H groups in total. The SMILES string of the molecule is CCCC#CC(C#CCCCC)c1nc(NC)c2ncn([C@@H]3O[C@H](CO)[C@@H](O)[C@H]3O)c2n1. The molecule has 32 heavy (non-hydrogen) atoms. The number of imidazole rings is 1.